The molecule has 0 unspecified atom stereocenters. The first-order valence-corrected chi connectivity index (χ1v) is 19.4. The van der Waals surface area contributed by atoms with Crippen LogP contribution in [0.5, 0.6) is 0 Å². The summed E-state index contributed by atoms with van der Waals surface area (Å²) in [5.41, 5.74) is 1.07. The molecule has 0 atom stereocenters. The van der Waals surface area contributed by atoms with Crippen molar-refractivity contribution in [3.8, 4) is 0 Å². The molecule has 15 heavy (non-hydrogen) atoms. The Morgan fingerprint density at radius 1 is 1.13 bits per heavy atom. The number of hydrogen-bond acceptors (Lipinski definition) is 1. The second kappa shape index (κ2) is 5.50. The Kier molecular flexibility index (Phi) is 5.13. The van der Waals surface area contributed by atoms with Crippen molar-refractivity contribution < 1.29 is 19.7 Å². The van der Waals surface area contributed by atoms with Crippen LogP contribution in [0.25, 0.3) is 0 Å². The Hall–Kier alpha value is 0.920. The van der Waals surface area contributed by atoms with Gasteiger partial charge in [-0.2, -0.15) is 0 Å². The van der Waals surface area contributed by atoms with Gasteiger partial charge in [-0.05, 0) is 0 Å². The number of rotatable bonds is 4. The van der Waals surface area contributed by atoms with E-state index in [-0.39, 0.29) is 5.41 Å². The summed E-state index contributed by atoms with van der Waals surface area (Å²) in [5, 5.41) is 0. The van der Waals surface area contributed by atoms with Gasteiger partial charge in [0.05, 0.1) is 0 Å². The summed E-state index contributed by atoms with van der Waals surface area (Å²) in [5.74, 6) is 0. The zero-order valence-electron chi connectivity index (χ0n) is 8.64. The van der Waals surface area contributed by atoms with Crippen LogP contribution in [-0.2, 0) is 25.1 Å². The SMILES string of the molecule is CC(C)(C[O][Hf]([Cl])([Cl])[Cl])c1ccccc1. The summed E-state index contributed by atoms with van der Waals surface area (Å²) in [4.78, 5) is 0. The first-order chi connectivity index (χ1) is 6.81. The van der Waals surface area contributed by atoms with Gasteiger partial charge in [0.1, 0.15) is 0 Å². The minimum atomic E-state index is -3.79. The fourth-order valence-electron chi connectivity index (χ4n) is 1.23. The molecule has 0 amide bonds. The molecule has 0 heterocycles. The van der Waals surface area contributed by atoms with E-state index in [1.54, 1.807) is 0 Å². The van der Waals surface area contributed by atoms with Crippen LogP contribution in [0.1, 0.15) is 19.4 Å². The van der Waals surface area contributed by atoms with Crippen molar-refractivity contribution in [2.45, 2.75) is 19.3 Å². The van der Waals surface area contributed by atoms with E-state index in [1.165, 1.54) is 5.56 Å². The zero-order chi connectivity index (χ0) is 11.5. The molecule has 0 bridgehead atoms. The maximum absolute atomic E-state index is 5.76. The quantitative estimate of drug-likeness (QED) is 0.634. The molecule has 0 fully saturated rings. The van der Waals surface area contributed by atoms with Crippen molar-refractivity contribution in [2.24, 2.45) is 0 Å². The fraction of sp³-hybridized carbons (Fsp3) is 0.400. The third-order valence-corrected chi connectivity index (χ3v) is 6.53. The molecule has 0 aromatic heterocycles. The van der Waals surface area contributed by atoms with Crippen LogP contribution in [0.4, 0.5) is 0 Å². The normalized spacial score (nSPS) is 12.9. The van der Waals surface area contributed by atoms with Crippen molar-refractivity contribution in [2.75, 3.05) is 6.61 Å². The molecule has 0 radical (unpaired) electrons. The Labute approximate surface area is 106 Å². The fourth-order valence-corrected chi connectivity index (χ4v) is 4.46. The van der Waals surface area contributed by atoms with Gasteiger partial charge in [-0.3, -0.25) is 0 Å². The predicted octanol–water partition coefficient (Wildman–Crippen LogP) is 4.51. The number of hydrogen-bond donors (Lipinski definition) is 0. The molecule has 0 aliphatic rings. The third kappa shape index (κ3) is 5.18. The molecule has 0 saturated carbocycles. The summed E-state index contributed by atoms with van der Waals surface area (Å²) < 4.78 is 5.37. The predicted molar refractivity (Wildman–Crippen MR) is 63.0 cm³/mol. The summed E-state index contributed by atoms with van der Waals surface area (Å²) in [6, 6.07) is 10.1. The van der Waals surface area contributed by atoms with Crippen LogP contribution in [-0.4, -0.2) is 6.61 Å². The molecular weight excluding hydrogens is 421 g/mol. The maximum atomic E-state index is 5.76. The van der Waals surface area contributed by atoms with E-state index < -0.39 is 16.9 Å². The Morgan fingerprint density at radius 2 is 1.67 bits per heavy atom. The van der Waals surface area contributed by atoms with E-state index in [0.29, 0.717) is 6.61 Å². The van der Waals surface area contributed by atoms with Crippen molar-refractivity contribution in [1.29, 1.82) is 0 Å². The Bertz CT molecular complexity index is 308. The molecule has 1 aromatic carbocycles. The van der Waals surface area contributed by atoms with E-state index in [0.717, 1.165) is 0 Å². The summed E-state index contributed by atoms with van der Waals surface area (Å²) in [6.45, 7) is 4.61. The van der Waals surface area contributed by atoms with Gasteiger partial charge in [0.25, 0.3) is 0 Å². The molecule has 0 saturated heterocycles. The van der Waals surface area contributed by atoms with Gasteiger partial charge >= 0.3 is 107 Å². The molecule has 1 aromatic rings. The molecule has 0 spiro atoms. The number of halogens is 3. The molecule has 1 rings (SSSR count). The monoisotopic (exact) mass is 434 g/mol. The van der Waals surface area contributed by atoms with Crippen LogP contribution < -0.4 is 0 Å². The van der Waals surface area contributed by atoms with Gasteiger partial charge in [0.15, 0.2) is 0 Å². The van der Waals surface area contributed by atoms with Crippen molar-refractivity contribution in [1.82, 2.24) is 0 Å². The van der Waals surface area contributed by atoms with Crippen LogP contribution in [0.2, 0.25) is 0 Å². The molecular formula is C10H13Cl3HfO. The van der Waals surface area contributed by atoms with Crippen LogP contribution >= 0.6 is 25.7 Å². The van der Waals surface area contributed by atoms with Crippen molar-refractivity contribution in [3.05, 3.63) is 35.9 Å². The molecule has 5 heteroatoms. The zero-order valence-corrected chi connectivity index (χ0v) is 14.5. The van der Waals surface area contributed by atoms with Gasteiger partial charge < -0.3 is 0 Å². The molecule has 1 nitrogen and oxygen atoms in total. The van der Waals surface area contributed by atoms with Gasteiger partial charge in [-0.1, -0.05) is 0 Å². The van der Waals surface area contributed by atoms with E-state index in [9.17, 15) is 0 Å². The third-order valence-electron chi connectivity index (χ3n) is 2.15. The molecule has 0 N–H and O–H groups in total. The average molecular weight is 434 g/mol. The molecule has 84 valence electrons. The standard InChI is InChI=1S/C10H13O.3ClH.Hf/c1-10(2,8-11)9-6-4-3-5-7-9;;;;/h3-7H,8H2,1-2H3;3*1H;/q-1;;;;+4/p-3. The second-order valence-electron chi connectivity index (χ2n) is 3.98. The van der Waals surface area contributed by atoms with Crippen LogP contribution in [0, 0.1) is 0 Å². The van der Waals surface area contributed by atoms with E-state index in [4.69, 9.17) is 28.6 Å². The van der Waals surface area contributed by atoms with E-state index in [2.05, 4.69) is 26.0 Å². The van der Waals surface area contributed by atoms with E-state index >= 15 is 0 Å². The first-order valence-electron chi connectivity index (χ1n) is 4.57. The summed E-state index contributed by atoms with van der Waals surface area (Å²) >= 11 is -3.79. The van der Waals surface area contributed by atoms with Crippen LogP contribution in [0.3, 0.4) is 0 Å². The Morgan fingerprint density at radius 3 is 2.13 bits per heavy atom. The number of benzene rings is 1. The average Bonchev–Trinajstić information content (AvgIpc) is 2.16. The van der Waals surface area contributed by atoms with Gasteiger partial charge in [-0.15, -0.1) is 0 Å². The van der Waals surface area contributed by atoms with Gasteiger partial charge in [0, 0.05) is 0 Å². The Balaban J connectivity index is 2.68. The minimum absolute atomic E-state index is 0.120. The molecule has 0 aliphatic carbocycles. The van der Waals surface area contributed by atoms with Crippen molar-refractivity contribution >= 4 is 25.7 Å². The van der Waals surface area contributed by atoms with E-state index in [1.807, 2.05) is 18.2 Å². The van der Waals surface area contributed by atoms with Crippen molar-refractivity contribution in [3.63, 3.8) is 0 Å². The first kappa shape index (κ1) is 14.0. The molecule has 0 aliphatic heterocycles. The van der Waals surface area contributed by atoms with Gasteiger partial charge in [-0.25, -0.2) is 0 Å². The van der Waals surface area contributed by atoms with Crippen LogP contribution in [0.15, 0.2) is 30.3 Å². The summed E-state index contributed by atoms with van der Waals surface area (Å²) in [7, 11) is 17.3. The summed E-state index contributed by atoms with van der Waals surface area (Å²) in [6.07, 6.45) is 0. The second-order valence-corrected chi connectivity index (χ2v) is 26.0. The topological polar surface area (TPSA) is 9.23 Å². The van der Waals surface area contributed by atoms with Gasteiger partial charge in [0.2, 0.25) is 0 Å².